The Morgan fingerprint density at radius 2 is 1.24 bits per heavy atom. The fourth-order valence-corrected chi connectivity index (χ4v) is 4.20. The van der Waals surface area contributed by atoms with Gasteiger partial charge in [0, 0.05) is 9.79 Å². The highest BCUT2D eigenvalue weighted by Gasteiger charge is 2.21. The molecule has 2 aromatic carbocycles. The number of thioether (sulfide) groups is 2. The van der Waals surface area contributed by atoms with E-state index in [1.807, 2.05) is 62.4 Å². The van der Waals surface area contributed by atoms with Crippen LogP contribution >= 0.6 is 23.5 Å². The molecule has 1 atom stereocenters. The molecule has 2 rings (SSSR count). The van der Waals surface area contributed by atoms with Crippen molar-refractivity contribution in [1.29, 1.82) is 0 Å². The number of halogens is 1. The van der Waals surface area contributed by atoms with Crippen LogP contribution in [0.3, 0.4) is 0 Å². The Hall–Kier alpha value is -0.970. The summed E-state index contributed by atoms with van der Waals surface area (Å²) in [7, 11) is 0. The molecule has 1 N–H and O–H groups in total. The number of hydrogen-bond donors (Lipinski definition) is 1. The highest BCUT2D eigenvalue weighted by molar-refractivity contribution is 8.17. The van der Waals surface area contributed by atoms with Gasteiger partial charge in [-0.1, -0.05) is 35.4 Å². The van der Waals surface area contributed by atoms with Crippen LogP contribution in [0.4, 0.5) is 4.39 Å². The lowest BCUT2D eigenvalue weighted by molar-refractivity contribution is 0.155. The van der Waals surface area contributed by atoms with Crippen LogP contribution in [-0.2, 0) is 0 Å². The molecule has 0 radical (unpaired) electrons. The minimum absolute atomic E-state index is 0.264. The molecule has 0 unspecified atom stereocenters. The molecule has 0 aliphatic heterocycles. The number of aryl methyl sites for hydroxylation is 2. The van der Waals surface area contributed by atoms with Gasteiger partial charge in [0.25, 0.3) is 0 Å². The van der Waals surface area contributed by atoms with Crippen molar-refractivity contribution in [2.45, 2.75) is 34.3 Å². The Labute approximate surface area is 134 Å². The molecule has 4 heteroatoms. The maximum Gasteiger partial charge on any atom is 0.117 e. The van der Waals surface area contributed by atoms with Crippen LogP contribution in [0.5, 0.6) is 0 Å². The van der Waals surface area contributed by atoms with E-state index in [4.69, 9.17) is 0 Å². The zero-order valence-electron chi connectivity index (χ0n) is 12.1. The number of rotatable bonds is 6. The minimum Gasteiger partial charge on any atom is -0.388 e. The Bertz CT molecular complexity index is 507. The average Bonchev–Trinajstić information content (AvgIpc) is 2.50. The SMILES string of the molecule is Cc1ccc(SC(Sc2ccc(C)cc2)[C@@H](O)CF)cc1. The number of alkyl halides is 1. The summed E-state index contributed by atoms with van der Waals surface area (Å²) < 4.78 is 12.6. The standard InChI is InChI=1S/C17H19FOS2/c1-12-3-7-14(8-4-12)20-17(16(19)11-18)21-15-9-5-13(2)6-10-15/h3-10,16-17,19H,11H2,1-2H3/t16-/m0/s1. The van der Waals surface area contributed by atoms with E-state index in [-0.39, 0.29) is 4.58 Å². The van der Waals surface area contributed by atoms with Crippen molar-refractivity contribution in [3.8, 4) is 0 Å². The van der Waals surface area contributed by atoms with Gasteiger partial charge in [0.2, 0.25) is 0 Å². The van der Waals surface area contributed by atoms with Gasteiger partial charge in [-0.05, 0) is 38.1 Å². The van der Waals surface area contributed by atoms with Gasteiger partial charge < -0.3 is 5.11 Å². The molecule has 0 heterocycles. The lowest BCUT2D eigenvalue weighted by Gasteiger charge is -2.20. The highest BCUT2D eigenvalue weighted by atomic mass is 32.2. The lowest BCUT2D eigenvalue weighted by Crippen LogP contribution is -2.22. The molecule has 0 fully saturated rings. The lowest BCUT2D eigenvalue weighted by atomic mass is 10.2. The summed E-state index contributed by atoms with van der Waals surface area (Å²) in [4.78, 5) is 2.08. The second-order valence-corrected chi connectivity index (χ2v) is 7.68. The van der Waals surface area contributed by atoms with E-state index in [9.17, 15) is 9.50 Å². The molecule has 21 heavy (non-hydrogen) atoms. The monoisotopic (exact) mass is 322 g/mol. The van der Waals surface area contributed by atoms with E-state index in [0.29, 0.717) is 0 Å². The van der Waals surface area contributed by atoms with Gasteiger partial charge in [0.1, 0.15) is 12.8 Å². The van der Waals surface area contributed by atoms with Gasteiger partial charge in [-0.25, -0.2) is 4.39 Å². The second kappa shape index (κ2) is 7.87. The van der Waals surface area contributed by atoms with Gasteiger partial charge in [-0.15, -0.1) is 23.5 Å². The largest absolute Gasteiger partial charge is 0.388 e. The van der Waals surface area contributed by atoms with Crippen molar-refractivity contribution >= 4 is 23.5 Å². The molecule has 0 spiro atoms. The molecule has 0 amide bonds. The predicted octanol–water partition coefficient (Wildman–Crippen LogP) is 4.84. The van der Waals surface area contributed by atoms with Crippen molar-refractivity contribution in [3.05, 3.63) is 59.7 Å². The zero-order chi connectivity index (χ0) is 15.2. The number of aliphatic hydroxyl groups excluding tert-OH is 1. The van der Waals surface area contributed by atoms with Gasteiger partial charge in [0.15, 0.2) is 0 Å². The van der Waals surface area contributed by atoms with Crippen LogP contribution in [0.15, 0.2) is 58.3 Å². The smallest absolute Gasteiger partial charge is 0.117 e. The fourth-order valence-electron chi connectivity index (χ4n) is 1.76. The summed E-state index contributed by atoms with van der Waals surface area (Å²) in [5.74, 6) is 0. The molecule has 0 aliphatic carbocycles. The van der Waals surface area contributed by atoms with E-state index in [1.165, 1.54) is 34.7 Å². The zero-order valence-corrected chi connectivity index (χ0v) is 13.8. The fraction of sp³-hybridized carbons (Fsp3) is 0.294. The molecular formula is C17H19FOS2. The Morgan fingerprint density at radius 1 is 0.857 bits per heavy atom. The average molecular weight is 322 g/mol. The summed E-state index contributed by atoms with van der Waals surface area (Å²) in [6.07, 6.45) is -0.984. The van der Waals surface area contributed by atoms with Crippen molar-refractivity contribution in [3.63, 3.8) is 0 Å². The second-order valence-electron chi connectivity index (χ2n) is 4.95. The first-order valence-electron chi connectivity index (χ1n) is 6.79. The Kier molecular flexibility index (Phi) is 6.15. The van der Waals surface area contributed by atoms with E-state index in [1.54, 1.807) is 0 Å². The van der Waals surface area contributed by atoms with E-state index in [0.717, 1.165) is 9.79 Å². The summed E-state index contributed by atoms with van der Waals surface area (Å²) >= 11 is 3.00. The van der Waals surface area contributed by atoms with Gasteiger partial charge in [0.05, 0.1) is 4.58 Å². The first-order chi connectivity index (χ1) is 10.1. The molecule has 0 saturated heterocycles. The van der Waals surface area contributed by atoms with Crippen molar-refractivity contribution in [1.82, 2.24) is 0 Å². The predicted molar refractivity (Wildman–Crippen MR) is 89.8 cm³/mol. The number of benzene rings is 2. The quantitative estimate of drug-likeness (QED) is 0.607. The van der Waals surface area contributed by atoms with Crippen molar-refractivity contribution in [2.24, 2.45) is 0 Å². The van der Waals surface area contributed by atoms with Crippen LogP contribution in [0, 0.1) is 13.8 Å². The molecule has 2 aromatic rings. The van der Waals surface area contributed by atoms with Crippen LogP contribution in [-0.4, -0.2) is 22.5 Å². The summed E-state index contributed by atoms with van der Waals surface area (Å²) in [6.45, 7) is 3.33. The highest BCUT2D eigenvalue weighted by Crippen LogP contribution is 2.37. The van der Waals surface area contributed by atoms with E-state index in [2.05, 4.69) is 0 Å². The van der Waals surface area contributed by atoms with Crippen LogP contribution in [0.25, 0.3) is 0 Å². The molecule has 112 valence electrons. The summed E-state index contributed by atoms with van der Waals surface area (Å²) in [5.41, 5.74) is 2.38. The number of aliphatic hydroxyl groups is 1. The van der Waals surface area contributed by atoms with Crippen LogP contribution in [0.1, 0.15) is 11.1 Å². The molecule has 1 nitrogen and oxygen atoms in total. The Morgan fingerprint density at radius 3 is 1.57 bits per heavy atom. The van der Waals surface area contributed by atoms with Crippen molar-refractivity contribution < 1.29 is 9.50 Å². The van der Waals surface area contributed by atoms with E-state index >= 15 is 0 Å². The Balaban J connectivity index is 2.10. The van der Waals surface area contributed by atoms with Gasteiger partial charge in [-0.2, -0.15) is 0 Å². The first-order valence-corrected chi connectivity index (χ1v) is 8.55. The third kappa shape index (κ3) is 5.06. The maximum atomic E-state index is 12.9. The topological polar surface area (TPSA) is 20.2 Å². The molecule has 0 aliphatic rings. The van der Waals surface area contributed by atoms with Gasteiger partial charge >= 0.3 is 0 Å². The number of hydrogen-bond acceptors (Lipinski definition) is 3. The maximum absolute atomic E-state index is 12.9. The van der Waals surface area contributed by atoms with Crippen LogP contribution < -0.4 is 0 Å². The normalized spacial score (nSPS) is 12.6. The minimum atomic E-state index is -0.984. The third-order valence-corrected chi connectivity index (χ3v) is 5.78. The molecule has 0 saturated carbocycles. The third-order valence-electron chi connectivity index (χ3n) is 3.02. The summed E-state index contributed by atoms with van der Waals surface area (Å²) in [5, 5.41) is 9.93. The first kappa shape index (κ1) is 16.4. The van der Waals surface area contributed by atoms with Gasteiger partial charge in [-0.3, -0.25) is 0 Å². The van der Waals surface area contributed by atoms with Crippen LogP contribution in [0.2, 0.25) is 0 Å². The molecule has 0 bridgehead atoms. The summed E-state index contributed by atoms with van der Waals surface area (Å²) in [6, 6.07) is 16.1. The van der Waals surface area contributed by atoms with E-state index < -0.39 is 12.8 Å². The molecular weight excluding hydrogens is 303 g/mol. The molecule has 0 aromatic heterocycles. The van der Waals surface area contributed by atoms with Crippen molar-refractivity contribution in [2.75, 3.05) is 6.67 Å².